The Morgan fingerprint density at radius 2 is 2.23 bits per heavy atom. The smallest absolute Gasteiger partial charge is 0.303 e. The fourth-order valence-electron chi connectivity index (χ4n) is 1.20. The van der Waals surface area contributed by atoms with Crippen molar-refractivity contribution >= 4 is 11.7 Å². The number of carbonyl (C=O) groups is 1. The summed E-state index contributed by atoms with van der Waals surface area (Å²) in [5.41, 5.74) is 8.41. The first-order valence-electron chi connectivity index (χ1n) is 4.17. The molecule has 1 aromatic carbocycles. The van der Waals surface area contributed by atoms with Crippen LogP contribution in [0.5, 0.6) is 0 Å². The first kappa shape index (κ1) is 9.58. The zero-order valence-electron chi connectivity index (χ0n) is 7.58. The fourth-order valence-corrected chi connectivity index (χ4v) is 1.20. The van der Waals surface area contributed by atoms with Gasteiger partial charge >= 0.3 is 5.97 Å². The number of hydrogen-bond donors (Lipinski definition) is 2. The average molecular weight is 179 g/mol. The number of carboxylic acid groups (broad SMARTS) is 1. The molecule has 0 spiro atoms. The third kappa shape index (κ3) is 2.47. The van der Waals surface area contributed by atoms with Crippen molar-refractivity contribution in [3.8, 4) is 0 Å². The molecular weight excluding hydrogens is 166 g/mol. The second-order valence-electron chi connectivity index (χ2n) is 3.04. The molecule has 3 heteroatoms. The molecule has 0 aromatic heterocycles. The van der Waals surface area contributed by atoms with E-state index in [4.69, 9.17) is 10.8 Å². The van der Waals surface area contributed by atoms with E-state index in [9.17, 15) is 4.79 Å². The highest BCUT2D eigenvalue weighted by Gasteiger charge is 2.03. The number of rotatable bonds is 3. The minimum Gasteiger partial charge on any atom is -0.481 e. The average Bonchev–Trinajstić information content (AvgIpc) is 2.07. The molecule has 3 N–H and O–H groups in total. The van der Waals surface area contributed by atoms with Gasteiger partial charge in [0.15, 0.2) is 0 Å². The molecule has 3 nitrogen and oxygen atoms in total. The van der Waals surface area contributed by atoms with E-state index in [1.807, 2.05) is 25.1 Å². The second kappa shape index (κ2) is 3.94. The molecule has 0 fully saturated rings. The molecular formula is C10H13NO2. The molecule has 0 unspecified atom stereocenters. The van der Waals surface area contributed by atoms with Crippen LogP contribution < -0.4 is 5.73 Å². The molecule has 0 saturated heterocycles. The molecule has 1 rings (SSSR count). The number of carboxylic acids is 1. The van der Waals surface area contributed by atoms with Crippen molar-refractivity contribution in [2.24, 2.45) is 0 Å². The van der Waals surface area contributed by atoms with Crippen molar-refractivity contribution in [1.29, 1.82) is 0 Å². The number of aliphatic carboxylic acids is 1. The lowest BCUT2D eigenvalue weighted by molar-refractivity contribution is -0.136. The van der Waals surface area contributed by atoms with Crippen LogP contribution in [0.1, 0.15) is 17.5 Å². The van der Waals surface area contributed by atoms with E-state index in [1.54, 1.807) is 0 Å². The van der Waals surface area contributed by atoms with Gasteiger partial charge in [0.2, 0.25) is 0 Å². The third-order valence-electron chi connectivity index (χ3n) is 2.02. The van der Waals surface area contributed by atoms with Crippen LogP contribution in [0.25, 0.3) is 0 Å². The van der Waals surface area contributed by atoms with Crippen LogP contribution in [0.4, 0.5) is 5.69 Å². The number of nitrogen functional groups attached to an aromatic ring is 1. The van der Waals surface area contributed by atoms with Gasteiger partial charge in [-0.1, -0.05) is 18.2 Å². The molecule has 0 aliphatic rings. The minimum atomic E-state index is -0.791. The van der Waals surface area contributed by atoms with E-state index in [0.717, 1.165) is 11.1 Å². The van der Waals surface area contributed by atoms with Crippen LogP contribution in [-0.2, 0) is 11.2 Å². The Balaban J connectivity index is 2.77. The van der Waals surface area contributed by atoms with Gasteiger partial charge in [0, 0.05) is 12.1 Å². The molecule has 0 heterocycles. The first-order chi connectivity index (χ1) is 6.11. The summed E-state index contributed by atoms with van der Waals surface area (Å²) in [6, 6.07) is 5.67. The predicted molar refractivity (Wildman–Crippen MR) is 51.5 cm³/mol. The molecule has 0 amide bonds. The molecule has 0 saturated carbocycles. The van der Waals surface area contributed by atoms with Crippen molar-refractivity contribution in [3.05, 3.63) is 29.3 Å². The van der Waals surface area contributed by atoms with Crippen LogP contribution in [0, 0.1) is 6.92 Å². The van der Waals surface area contributed by atoms with Crippen LogP contribution in [0.3, 0.4) is 0 Å². The number of aryl methyl sites for hydroxylation is 2. The van der Waals surface area contributed by atoms with Crippen molar-refractivity contribution in [2.45, 2.75) is 19.8 Å². The van der Waals surface area contributed by atoms with Crippen LogP contribution in [-0.4, -0.2) is 11.1 Å². The largest absolute Gasteiger partial charge is 0.481 e. The highest BCUT2D eigenvalue weighted by molar-refractivity contribution is 5.67. The maximum atomic E-state index is 10.3. The summed E-state index contributed by atoms with van der Waals surface area (Å²) in [5, 5.41) is 8.49. The topological polar surface area (TPSA) is 63.3 Å². The fraction of sp³-hybridized carbons (Fsp3) is 0.300. The molecule has 1 aromatic rings. The van der Waals surface area contributed by atoms with E-state index in [0.29, 0.717) is 12.1 Å². The number of anilines is 1. The Hall–Kier alpha value is -1.51. The van der Waals surface area contributed by atoms with Crippen molar-refractivity contribution < 1.29 is 9.90 Å². The van der Waals surface area contributed by atoms with Crippen molar-refractivity contribution in [3.63, 3.8) is 0 Å². The highest BCUT2D eigenvalue weighted by Crippen LogP contribution is 2.17. The molecule has 0 bridgehead atoms. The lowest BCUT2D eigenvalue weighted by Gasteiger charge is -2.06. The predicted octanol–water partition coefficient (Wildman–Crippen LogP) is 1.59. The van der Waals surface area contributed by atoms with Gasteiger partial charge in [0.05, 0.1) is 0 Å². The van der Waals surface area contributed by atoms with Gasteiger partial charge in [-0.3, -0.25) is 4.79 Å². The van der Waals surface area contributed by atoms with Gasteiger partial charge in [-0.15, -0.1) is 0 Å². The molecule has 0 atom stereocenters. The van der Waals surface area contributed by atoms with Gasteiger partial charge in [-0.05, 0) is 24.5 Å². The summed E-state index contributed by atoms with van der Waals surface area (Å²) in [6.07, 6.45) is 0.635. The molecule has 0 aliphatic carbocycles. The molecule has 0 radical (unpaired) electrons. The summed E-state index contributed by atoms with van der Waals surface area (Å²) in [7, 11) is 0. The lowest BCUT2D eigenvalue weighted by atomic mass is 10.0. The summed E-state index contributed by atoms with van der Waals surface area (Å²) in [4.78, 5) is 10.3. The van der Waals surface area contributed by atoms with E-state index < -0.39 is 5.97 Å². The summed E-state index contributed by atoms with van der Waals surface area (Å²) >= 11 is 0. The van der Waals surface area contributed by atoms with E-state index in [1.165, 1.54) is 0 Å². The normalized spacial score (nSPS) is 9.92. The second-order valence-corrected chi connectivity index (χ2v) is 3.04. The third-order valence-corrected chi connectivity index (χ3v) is 2.02. The zero-order chi connectivity index (χ0) is 9.84. The number of para-hydroxylation sites is 1. The van der Waals surface area contributed by atoms with Gasteiger partial charge in [0.25, 0.3) is 0 Å². The van der Waals surface area contributed by atoms with Crippen molar-refractivity contribution in [1.82, 2.24) is 0 Å². The highest BCUT2D eigenvalue weighted by atomic mass is 16.4. The van der Waals surface area contributed by atoms with Gasteiger partial charge in [-0.25, -0.2) is 0 Å². The van der Waals surface area contributed by atoms with Crippen molar-refractivity contribution in [2.75, 3.05) is 5.73 Å². The Bertz CT molecular complexity index is 321. The Morgan fingerprint density at radius 1 is 1.54 bits per heavy atom. The molecule has 70 valence electrons. The first-order valence-corrected chi connectivity index (χ1v) is 4.17. The number of benzene rings is 1. The van der Waals surface area contributed by atoms with E-state index in [2.05, 4.69) is 0 Å². The Kier molecular flexibility index (Phi) is 2.90. The summed E-state index contributed by atoms with van der Waals surface area (Å²) in [5.74, 6) is -0.791. The lowest BCUT2D eigenvalue weighted by Crippen LogP contribution is -2.01. The quantitative estimate of drug-likeness (QED) is 0.692. The number of hydrogen-bond acceptors (Lipinski definition) is 2. The summed E-state index contributed by atoms with van der Waals surface area (Å²) < 4.78 is 0. The molecule has 0 aliphatic heterocycles. The Labute approximate surface area is 77.2 Å². The maximum Gasteiger partial charge on any atom is 0.303 e. The zero-order valence-corrected chi connectivity index (χ0v) is 7.58. The standard InChI is InChI=1S/C10H13NO2/c1-7-3-2-4-8(10(7)11)5-6-9(12)13/h2-4H,5-6,11H2,1H3,(H,12,13). The van der Waals surface area contributed by atoms with Gasteiger partial charge in [0.1, 0.15) is 0 Å². The van der Waals surface area contributed by atoms with Crippen LogP contribution in [0.2, 0.25) is 0 Å². The monoisotopic (exact) mass is 179 g/mol. The Morgan fingerprint density at radius 3 is 2.85 bits per heavy atom. The van der Waals surface area contributed by atoms with Gasteiger partial charge in [-0.2, -0.15) is 0 Å². The van der Waals surface area contributed by atoms with E-state index in [-0.39, 0.29) is 6.42 Å². The summed E-state index contributed by atoms with van der Waals surface area (Å²) in [6.45, 7) is 1.92. The van der Waals surface area contributed by atoms with E-state index >= 15 is 0 Å². The number of nitrogens with two attached hydrogens (primary N) is 1. The maximum absolute atomic E-state index is 10.3. The SMILES string of the molecule is Cc1cccc(CCC(=O)O)c1N. The minimum absolute atomic E-state index is 0.133. The van der Waals surface area contributed by atoms with Crippen LogP contribution >= 0.6 is 0 Å². The van der Waals surface area contributed by atoms with Gasteiger partial charge < -0.3 is 10.8 Å². The molecule has 13 heavy (non-hydrogen) atoms. The van der Waals surface area contributed by atoms with Crippen LogP contribution in [0.15, 0.2) is 18.2 Å².